The fraction of sp³-hybridized carbons (Fsp3) is 0.292. The third-order valence-electron chi connectivity index (χ3n) is 5.99. The maximum atomic E-state index is 12.5. The lowest BCUT2D eigenvalue weighted by Gasteiger charge is -2.37. The van der Waals surface area contributed by atoms with Gasteiger partial charge in [-0.2, -0.15) is 0 Å². The third kappa shape index (κ3) is 5.52. The van der Waals surface area contributed by atoms with E-state index in [9.17, 15) is 21.6 Å². The second kappa shape index (κ2) is 9.63. The molecular weight excluding hydrogens is 511 g/mol. The van der Waals surface area contributed by atoms with E-state index < -0.39 is 16.2 Å². The number of morpholine rings is 1. The lowest BCUT2D eigenvalue weighted by Crippen LogP contribution is -2.40. The van der Waals surface area contributed by atoms with Gasteiger partial charge in [0, 0.05) is 25.2 Å². The second-order valence-corrected chi connectivity index (χ2v) is 10.6. The molecule has 1 fully saturated rings. The standard InChI is InChI=1S/C24H22F3N5O4S/c1-37(33,34)19-7-4-17(28-12-19)13-31-9-8-20-22(31)29-15-30-23(20)32-10-11-35-14-21(32)16-2-5-18(6-3-16)36-24(25,26)27/h2-9,12,15,21H,10-11,13-14H2,1H3. The molecule has 0 saturated carbocycles. The monoisotopic (exact) mass is 533 g/mol. The molecule has 4 heterocycles. The van der Waals surface area contributed by atoms with Crippen LogP contribution >= 0.6 is 0 Å². The van der Waals surface area contributed by atoms with Crippen molar-refractivity contribution in [2.24, 2.45) is 0 Å². The van der Waals surface area contributed by atoms with Gasteiger partial charge in [0.2, 0.25) is 0 Å². The molecular formula is C24H22F3N5O4S. The average molecular weight is 534 g/mol. The number of nitrogens with zero attached hydrogens (tertiary/aromatic N) is 5. The number of alkyl halides is 3. The Bertz CT molecular complexity index is 1510. The topological polar surface area (TPSA) is 99.4 Å². The van der Waals surface area contributed by atoms with E-state index in [2.05, 4.69) is 24.6 Å². The van der Waals surface area contributed by atoms with Crippen LogP contribution in [0, 0.1) is 0 Å². The van der Waals surface area contributed by atoms with E-state index in [1.54, 1.807) is 18.2 Å². The predicted octanol–water partition coefficient (Wildman–Crippen LogP) is 3.75. The molecule has 1 atom stereocenters. The van der Waals surface area contributed by atoms with Crippen molar-refractivity contribution in [1.29, 1.82) is 0 Å². The van der Waals surface area contributed by atoms with Crippen LogP contribution in [0.1, 0.15) is 17.3 Å². The van der Waals surface area contributed by atoms with Gasteiger partial charge in [-0.3, -0.25) is 4.98 Å². The quantitative estimate of drug-likeness (QED) is 0.370. The summed E-state index contributed by atoms with van der Waals surface area (Å²) in [7, 11) is -3.34. The fourth-order valence-corrected chi connectivity index (χ4v) is 4.83. The number of halogens is 3. The molecule has 194 valence electrons. The number of benzene rings is 1. The molecule has 5 rings (SSSR count). The highest BCUT2D eigenvalue weighted by atomic mass is 32.2. The zero-order chi connectivity index (χ0) is 26.2. The molecule has 0 amide bonds. The van der Waals surface area contributed by atoms with Crippen LogP contribution in [-0.4, -0.2) is 60.3 Å². The molecule has 1 aliphatic rings. The smallest absolute Gasteiger partial charge is 0.406 e. The number of pyridine rings is 1. The van der Waals surface area contributed by atoms with Crippen molar-refractivity contribution in [2.75, 3.05) is 30.9 Å². The lowest BCUT2D eigenvalue weighted by molar-refractivity contribution is -0.274. The van der Waals surface area contributed by atoms with Gasteiger partial charge < -0.3 is 18.9 Å². The molecule has 37 heavy (non-hydrogen) atoms. The summed E-state index contributed by atoms with van der Waals surface area (Å²) in [5.74, 6) is 0.382. The number of hydrogen-bond donors (Lipinski definition) is 0. The summed E-state index contributed by atoms with van der Waals surface area (Å²) < 4.78 is 72.6. The number of aromatic nitrogens is 4. The first-order chi connectivity index (χ1) is 17.6. The molecule has 4 aromatic rings. The van der Waals surface area contributed by atoms with Crippen molar-refractivity contribution in [1.82, 2.24) is 19.5 Å². The molecule has 0 spiro atoms. The molecule has 9 nitrogen and oxygen atoms in total. The van der Waals surface area contributed by atoms with Gasteiger partial charge in [0.05, 0.1) is 41.8 Å². The predicted molar refractivity (Wildman–Crippen MR) is 128 cm³/mol. The Morgan fingerprint density at radius 3 is 2.54 bits per heavy atom. The molecule has 3 aromatic heterocycles. The van der Waals surface area contributed by atoms with Crippen molar-refractivity contribution in [3.8, 4) is 5.75 Å². The third-order valence-corrected chi connectivity index (χ3v) is 7.09. The van der Waals surface area contributed by atoms with E-state index in [0.29, 0.717) is 43.5 Å². The molecule has 0 aliphatic carbocycles. The van der Waals surface area contributed by atoms with Crippen molar-refractivity contribution in [3.63, 3.8) is 0 Å². The Labute approximate surface area is 210 Å². The zero-order valence-corrected chi connectivity index (χ0v) is 20.4. The van der Waals surface area contributed by atoms with Crippen molar-refractivity contribution < 1.29 is 31.1 Å². The van der Waals surface area contributed by atoms with Crippen LogP contribution in [-0.2, 0) is 21.1 Å². The molecule has 0 bridgehead atoms. The Morgan fingerprint density at radius 1 is 1.08 bits per heavy atom. The van der Waals surface area contributed by atoms with Gasteiger partial charge in [0.15, 0.2) is 9.84 Å². The summed E-state index contributed by atoms with van der Waals surface area (Å²) in [6.07, 6.45) is 1.02. The average Bonchev–Trinajstić information content (AvgIpc) is 3.26. The highest BCUT2D eigenvalue weighted by Gasteiger charge is 2.32. The first-order valence-corrected chi connectivity index (χ1v) is 13.1. The van der Waals surface area contributed by atoms with Gasteiger partial charge in [-0.1, -0.05) is 12.1 Å². The summed E-state index contributed by atoms with van der Waals surface area (Å²) in [6.45, 7) is 1.70. The number of anilines is 1. The van der Waals surface area contributed by atoms with E-state index in [0.717, 1.165) is 17.2 Å². The van der Waals surface area contributed by atoms with Crippen molar-refractivity contribution in [2.45, 2.75) is 23.8 Å². The molecule has 1 aromatic carbocycles. The Morgan fingerprint density at radius 2 is 1.86 bits per heavy atom. The normalized spacial score (nSPS) is 16.8. The summed E-state index contributed by atoms with van der Waals surface area (Å²) in [6, 6.07) is 10.5. The van der Waals surface area contributed by atoms with E-state index in [4.69, 9.17) is 4.74 Å². The van der Waals surface area contributed by atoms with Crippen LogP contribution in [0.2, 0.25) is 0 Å². The summed E-state index contributed by atoms with van der Waals surface area (Å²) >= 11 is 0. The van der Waals surface area contributed by atoms with E-state index in [1.807, 2.05) is 16.8 Å². The summed E-state index contributed by atoms with van der Waals surface area (Å²) in [5.41, 5.74) is 2.09. The largest absolute Gasteiger partial charge is 0.573 e. The zero-order valence-electron chi connectivity index (χ0n) is 19.6. The minimum Gasteiger partial charge on any atom is -0.406 e. The highest BCUT2D eigenvalue weighted by molar-refractivity contribution is 7.90. The minimum absolute atomic E-state index is 0.148. The number of rotatable bonds is 6. The first kappa shape index (κ1) is 25.0. The summed E-state index contributed by atoms with van der Waals surface area (Å²) in [4.78, 5) is 15.4. The Balaban J connectivity index is 1.42. The van der Waals surface area contributed by atoms with E-state index >= 15 is 0 Å². The maximum Gasteiger partial charge on any atom is 0.573 e. The number of ether oxygens (including phenoxy) is 2. The second-order valence-electron chi connectivity index (χ2n) is 8.54. The van der Waals surface area contributed by atoms with Gasteiger partial charge in [0.25, 0.3) is 0 Å². The maximum absolute atomic E-state index is 12.5. The SMILES string of the molecule is CS(=O)(=O)c1ccc(Cn2ccc3c(N4CCOCC4c4ccc(OC(F)(F)F)cc4)ncnc32)nc1. The van der Waals surface area contributed by atoms with Crippen molar-refractivity contribution >= 4 is 26.7 Å². The highest BCUT2D eigenvalue weighted by Crippen LogP contribution is 2.34. The fourth-order valence-electron chi connectivity index (χ4n) is 4.27. The van der Waals surface area contributed by atoms with E-state index in [-0.39, 0.29) is 16.7 Å². The van der Waals surface area contributed by atoms with Gasteiger partial charge in [-0.05, 0) is 35.9 Å². The number of sulfone groups is 1. The van der Waals surface area contributed by atoms with Gasteiger partial charge in [-0.25, -0.2) is 18.4 Å². The van der Waals surface area contributed by atoms with E-state index in [1.165, 1.54) is 30.7 Å². The Hall–Kier alpha value is -3.71. The molecule has 1 aliphatic heterocycles. The first-order valence-electron chi connectivity index (χ1n) is 11.2. The lowest BCUT2D eigenvalue weighted by atomic mass is 10.0. The molecule has 0 N–H and O–H groups in total. The van der Waals surface area contributed by atoms with Crippen molar-refractivity contribution in [3.05, 3.63) is 72.4 Å². The molecule has 1 saturated heterocycles. The van der Waals surface area contributed by atoms with Crippen LogP contribution in [0.4, 0.5) is 19.0 Å². The van der Waals surface area contributed by atoms with Gasteiger partial charge in [0.1, 0.15) is 23.5 Å². The van der Waals surface area contributed by atoms with Crippen LogP contribution in [0.15, 0.2) is 66.1 Å². The molecule has 0 radical (unpaired) electrons. The van der Waals surface area contributed by atoms with Crippen LogP contribution < -0.4 is 9.64 Å². The van der Waals surface area contributed by atoms with Crippen LogP contribution in [0.5, 0.6) is 5.75 Å². The molecule has 1 unspecified atom stereocenters. The molecule has 13 heteroatoms. The van der Waals surface area contributed by atoms with Gasteiger partial charge >= 0.3 is 6.36 Å². The number of fused-ring (bicyclic) bond motifs is 1. The van der Waals surface area contributed by atoms with Crippen LogP contribution in [0.3, 0.4) is 0 Å². The summed E-state index contributed by atoms with van der Waals surface area (Å²) in [5, 5.41) is 0.791. The van der Waals surface area contributed by atoms with Gasteiger partial charge in [-0.15, -0.1) is 13.2 Å². The minimum atomic E-state index is -4.76. The van der Waals surface area contributed by atoms with Crippen LogP contribution in [0.25, 0.3) is 11.0 Å². The number of hydrogen-bond acceptors (Lipinski definition) is 8. The Kier molecular flexibility index (Phi) is 6.50.